The summed E-state index contributed by atoms with van der Waals surface area (Å²) in [7, 11) is 0. The van der Waals surface area contributed by atoms with Gasteiger partial charge in [-0.05, 0) is 18.3 Å². The van der Waals surface area contributed by atoms with Crippen LogP contribution in [0.25, 0.3) is 0 Å². The Morgan fingerprint density at radius 1 is 1.35 bits per heavy atom. The third-order valence-corrected chi connectivity index (χ3v) is 6.89. The van der Waals surface area contributed by atoms with Gasteiger partial charge in [0.25, 0.3) is 0 Å². The van der Waals surface area contributed by atoms with Crippen molar-refractivity contribution in [1.82, 2.24) is 14.9 Å². The Bertz CT molecular complexity index is 725. The van der Waals surface area contributed by atoms with E-state index in [2.05, 4.69) is 36.1 Å². The molecule has 4 rings (SSSR count). The summed E-state index contributed by atoms with van der Waals surface area (Å²) in [5.41, 5.74) is 6.96. The molecule has 3 atom stereocenters. The number of carboxylic acid groups (broad SMARTS) is 1. The van der Waals surface area contributed by atoms with Gasteiger partial charge in [0.1, 0.15) is 5.82 Å². The first kappa shape index (κ1) is 17.4. The fourth-order valence-electron chi connectivity index (χ4n) is 5.40. The van der Waals surface area contributed by atoms with Gasteiger partial charge in [-0.15, -0.1) is 0 Å². The molecule has 1 aromatic rings. The second-order valence-corrected chi connectivity index (χ2v) is 9.20. The predicted octanol–water partition coefficient (Wildman–Crippen LogP) is 3.15. The van der Waals surface area contributed by atoms with Crippen molar-refractivity contribution in [2.45, 2.75) is 58.4 Å². The fraction of sp³-hybridized carbons (Fsp3) is 0.737. The molecule has 142 valence electrons. The van der Waals surface area contributed by atoms with Crippen molar-refractivity contribution in [1.29, 1.82) is 0 Å². The van der Waals surface area contributed by atoms with Gasteiger partial charge in [0.05, 0.1) is 5.69 Å². The van der Waals surface area contributed by atoms with Gasteiger partial charge in [0, 0.05) is 42.4 Å². The molecule has 1 saturated heterocycles. The van der Waals surface area contributed by atoms with E-state index in [1.54, 1.807) is 4.90 Å². The normalized spacial score (nSPS) is 31.1. The number of rotatable bonds is 3. The van der Waals surface area contributed by atoms with Gasteiger partial charge >= 0.3 is 6.09 Å². The van der Waals surface area contributed by atoms with Crippen molar-refractivity contribution in [3.8, 4) is 0 Å². The molecule has 2 heterocycles. The maximum atomic E-state index is 11.4. The number of nitrogen functional groups attached to an aromatic ring is 1. The van der Waals surface area contributed by atoms with E-state index in [0.29, 0.717) is 30.9 Å². The molecule has 1 aromatic heterocycles. The molecular weight excluding hydrogens is 330 g/mol. The SMILES string of the molecule is CC(C)(C)[C@@]12CN(C(=O)O)C[C@H]1[C@@H]2Nc1cc(C2CCCC2)nc(N)n1. The number of nitrogens with two attached hydrogens (primary N) is 1. The highest BCUT2D eigenvalue weighted by molar-refractivity contribution is 5.67. The average molecular weight is 359 g/mol. The second-order valence-electron chi connectivity index (χ2n) is 9.20. The zero-order chi connectivity index (χ0) is 18.7. The number of fused-ring (bicyclic) bond motifs is 1. The Morgan fingerprint density at radius 3 is 2.62 bits per heavy atom. The first-order valence-corrected chi connectivity index (χ1v) is 9.61. The zero-order valence-electron chi connectivity index (χ0n) is 15.8. The molecule has 1 aliphatic heterocycles. The molecule has 0 radical (unpaired) electrons. The van der Waals surface area contributed by atoms with Crippen LogP contribution in [0.4, 0.5) is 16.6 Å². The van der Waals surface area contributed by atoms with Gasteiger partial charge in [-0.1, -0.05) is 33.6 Å². The molecule has 0 unspecified atom stereocenters. The quantitative estimate of drug-likeness (QED) is 0.766. The van der Waals surface area contributed by atoms with Crippen molar-refractivity contribution in [2.75, 3.05) is 24.1 Å². The Balaban J connectivity index is 1.56. The maximum absolute atomic E-state index is 11.4. The Hall–Kier alpha value is -2.05. The van der Waals surface area contributed by atoms with E-state index in [0.717, 1.165) is 11.5 Å². The summed E-state index contributed by atoms with van der Waals surface area (Å²) in [6, 6.07) is 2.27. The summed E-state index contributed by atoms with van der Waals surface area (Å²) in [6.45, 7) is 7.76. The summed E-state index contributed by atoms with van der Waals surface area (Å²) < 4.78 is 0. The van der Waals surface area contributed by atoms with E-state index in [-0.39, 0.29) is 16.9 Å². The molecule has 3 aliphatic rings. The van der Waals surface area contributed by atoms with Crippen molar-refractivity contribution >= 4 is 17.9 Å². The molecule has 4 N–H and O–H groups in total. The Morgan fingerprint density at radius 2 is 2.04 bits per heavy atom. The standard InChI is InChI=1S/C19H29N5O2/c1-18(2,3)19-10-24(17(25)26)9-12(19)15(19)22-14-8-13(21-16(20)23-14)11-6-4-5-7-11/h8,11-12,15H,4-7,9-10H2,1-3H3,(H,25,26)(H3,20,21,22,23)/t12-,15-,19-/m0/s1. The van der Waals surface area contributed by atoms with Gasteiger partial charge in [-0.3, -0.25) is 0 Å². The average Bonchev–Trinajstić information content (AvgIpc) is 3.00. The van der Waals surface area contributed by atoms with Crippen LogP contribution in [-0.2, 0) is 0 Å². The molecule has 2 aliphatic carbocycles. The Kier molecular flexibility index (Phi) is 3.82. The summed E-state index contributed by atoms with van der Waals surface area (Å²) >= 11 is 0. The number of hydrogen-bond donors (Lipinski definition) is 3. The fourth-order valence-corrected chi connectivity index (χ4v) is 5.40. The van der Waals surface area contributed by atoms with Gasteiger partial charge in [-0.2, -0.15) is 4.98 Å². The highest BCUT2D eigenvalue weighted by Crippen LogP contribution is 2.67. The first-order chi connectivity index (χ1) is 12.2. The molecule has 7 heteroatoms. The van der Waals surface area contributed by atoms with Crippen LogP contribution in [-0.4, -0.2) is 45.2 Å². The summed E-state index contributed by atoms with van der Waals surface area (Å²) in [6.07, 6.45) is 4.01. The van der Waals surface area contributed by atoms with Crippen LogP contribution >= 0.6 is 0 Å². The zero-order valence-corrected chi connectivity index (χ0v) is 15.8. The van der Waals surface area contributed by atoms with Crippen LogP contribution in [0.3, 0.4) is 0 Å². The highest BCUT2D eigenvalue weighted by atomic mass is 16.4. The van der Waals surface area contributed by atoms with Crippen LogP contribution in [0.5, 0.6) is 0 Å². The lowest BCUT2D eigenvalue weighted by Gasteiger charge is -2.33. The molecule has 0 bridgehead atoms. The van der Waals surface area contributed by atoms with Crippen molar-refractivity contribution in [3.63, 3.8) is 0 Å². The number of likely N-dealkylation sites (tertiary alicyclic amines) is 1. The lowest BCUT2D eigenvalue weighted by Crippen LogP contribution is -2.40. The number of carbonyl (C=O) groups is 1. The number of anilines is 2. The van der Waals surface area contributed by atoms with Gasteiger partial charge in [0.2, 0.25) is 5.95 Å². The van der Waals surface area contributed by atoms with E-state index in [1.165, 1.54) is 25.7 Å². The van der Waals surface area contributed by atoms with Crippen molar-refractivity contribution in [2.24, 2.45) is 16.7 Å². The highest BCUT2D eigenvalue weighted by Gasteiger charge is 2.74. The molecule has 7 nitrogen and oxygen atoms in total. The molecule has 0 aromatic carbocycles. The van der Waals surface area contributed by atoms with E-state index >= 15 is 0 Å². The van der Waals surface area contributed by atoms with Gasteiger partial charge in [0.15, 0.2) is 0 Å². The number of nitrogens with zero attached hydrogens (tertiary/aromatic N) is 3. The topological polar surface area (TPSA) is 104 Å². The molecular formula is C19H29N5O2. The predicted molar refractivity (Wildman–Crippen MR) is 100 cm³/mol. The number of hydrogen-bond acceptors (Lipinski definition) is 5. The van der Waals surface area contributed by atoms with Crippen LogP contribution in [0, 0.1) is 16.7 Å². The number of piperidine rings is 1. The number of nitrogens with one attached hydrogen (secondary N) is 1. The molecule has 2 saturated carbocycles. The molecule has 3 fully saturated rings. The van der Waals surface area contributed by atoms with Crippen molar-refractivity contribution in [3.05, 3.63) is 11.8 Å². The lowest BCUT2D eigenvalue weighted by atomic mass is 9.76. The van der Waals surface area contributed by atoms with E-state index in [9.17, 15) is 9.90 Å². The minimum atomic E-state index is -0.825. The van der Waals surface area contributed by atoms with E-state index < -0.39 is 6.09 Å². The van der Waals surface area contributed by atoms with Crippen LogP contribution in [0.1, 0.15) is 58.1 Å². The van der Waals surface area contributed by atoms with Crippen LogP contribution < -0.4 is 11.1 Å². The Labute approximate surface area is 154 Å². The minimum Gasteiger partial charge on any atom is -0.465 e. The first-order valence-electron chi connectivity index (χ1n) is 9.61. The molecule has 0 spiro atoms. The lowest BCUT2D eigenvalue weighted by molar-refractivity contribution is 0.131. The molecule has 26 heavy (non-hydrogen) atoms. The largest absolute Gasteiger partial charge is 0.465 e. The van der Waals surface area contributed by atoms with Gasteiger partial charge < -0.3 is 21.1 Å². The van der Waals surface area contributed by atoms with Gasteiger partial charge in [-0.25, -0.2) is 9.78 Å². The number of amides is 1. The summed E-state index contributed by atoms with van der Waals surface area (Å²) in [4.78, 5) is 21.8. The van der Waals surface area contributed by atoms with Crippen LogP contribution in [0.15, 0.2) is 6.07 Å². The summed E-state index contributed by atoms with van der Waals surface area (Å²) in [5.74, 6) is 1.90. The maximum Gasteiger partial charge on any atom is 0.407 e. The van der Waals surface area contributed by atoms with Crippen molar-refractivity contribution < 1.29 is 9.90 Å². The summed E-state index contributed by atoms with van der Waals surface area (Å²) in [5, 5.41) is 12.9. The third kappa shape index (κ3) is 2.59. The molecule has 1 amide bonds. The van der Waals surface area contributed by atoms with Crippen LogP contribution in [0.2, 0.25) is 0 Å². The second kappa shape index (κ2) is 5.72. The minimum absolute atomic E-state index is 0.00634. The van der Waals surface area contributed by atoms with E-state index in [4.69, 9.17) is 5.73 Å². The smallest absolute Gasteiger partial charge is 0.407 e. The third-order valence-electron chi connectivity index (χ3n) is 6.89. The monoisotopic (exact) mass is 359 g/mol. The number of aromatic nitrogens is 2. The van der Waals surface area contributed by atoms with E-state index in [1.807, 2.05) is 6.07 Å².